The number of piperidine rings is 2. The lowest BCUT2D eigenvalue weighted by molar-refractivity contribution is -0.128. The lowest BCUT2D eigenvalue weighted by Crippen LogP contribution is -2.63. The fraction of sp³-hybridized carbons (Fsp3) is 1.00. The molecule has 5 nitrogen and oxygen atoms in total. The van der Waals surface area contributed by atoms with Gasteiger partial charge >= 0.3 is 0 Å². The van der Waals surface area contributed by atoms with Crippen molar-refractivity contribution in [3.63, 3.8) is 0 Å². The Morgan fingerprint density at radius 3 is 2.69 bits per heavy atom. The second-order valence-electron chi connectivity index (χ2n) is 5.23. The maximum Gasteiger partial charge on any atom is 0.0897 e. The van der Waals surface area contributed by atoms with Gasteiger partial charge < -0.3 is 21.1 Å². The Balaban J connectivity index is 1.98. The molecule has 2 bridgehead atoms. The first kappa shape index (κ1) is 12.3. The predicted molar refractivity (Wildman–Crippen MR) is 59.8 cm³/mol. The van der Waals surface area contributed by atoms with Crippen LogP contribution in [0.2, 0.25) is 0 Å². The SMILES string of the molecule is NCC1(O)CC2CCC1CN2CC(O)CO. The Morgan fingerprint density at radius 2 is 2.19 bits per heavy atom. The number of hydrogen-bond donors (Lipinski definition) is 4. The van der Waals surface area contributed by atoms with Crippen molar-refractivity contribution in [3.8, 4) is 0 Å². The molecule has 0 radical (unpaired) electrons. The molecule has 0 spiro atoms. The van der Waals surface area contributed by atoms with E-state index < -0.39 is 11.7 Å². The molecule has 4 atom stereocenters. The van der Waals surface area contributed by atoms with Crippen LogP contribution in [-0.2, 0) is 0 Å². The Bertz CT molecular complexity index is 251. The minimum Gasteiger partial charge on any atom is -0.394 e. The summed E-state index contributed by atoms with van der Waals surface area (Å²) in [5.41, 5.74) is 4.93. The largest absolute Gasteiger partial charge is 0.394 e. The van der Waals surface area contributed by atoms with Gasteiger partial charge in [0.1, 0.15) is 0 Å². The van der Waals surface area contributed by atoms with Crippen molar-refractivity contribution in [2.45, 2.75) is 37.0 Å². The molecule has 1 aliphatic carbocycles. The quantitative estimate of drug-likeness (QED) is 0.472. The van der Waals surface area contributed by atoms with E-state index in [-0.39, 0.29) is 12.5 Å². The zero-order chi connectivity index (χ0) is 11.8. The van der Waals surface area contributed by atoms with Crippen molar-refractivity contribution >= 4 is 0 Å². The van der Waals surface area contributed by atoms with E-state index in [4.69, 9.17) is 10.8 Å². The average Bonchev–Trinajstić information content (AvgIpc) is 2.30. The molecule has 3 aliphatic rings. The van der Waals surface area contributed by atoms with Gasteiger partial charge in [-0.05, 0) is 19.3 Å². The van der Waals surface area contributed by atoms with Gasteiger partial charge in [0, 0.05) is 31.6 Å². The van der Waals surface area contributed by atoms with Gasteiger partial charge in [0.25, 0.3) is 0 Å². The Kier molecular flexibility index (Phi) is 3.51. The normalized spacial score (nSPS) is 41.2. The third kappa shape index (κ3) is 2.10. The molecule has 2 heterocycles. The minimum absolute atomic E-state index is 0.199. The van der Waals surface area contributed by atoms with E-state index in [9.17, 15) is 10.2 Å². The van der Waals surface area contributed by atoms with Crippen molar-refractivity contribution in [2.75, 3.05) is 26.2 Å². The Hall–Kier alpha value is -0.200. The van der Waals surface area contributed by atoms with Gasteiger partial charge in [-0.15, -0.1) is 0 Å². The van der Waals surface area contributed by atoms with E-state index in [0.717, 1.165) is 19.4 Å². The maximum atomic E-state index is 10.3. The number of aliphatic hydroxyl groups is 3. The van der Waals surface area contributed by atoms with Crippen LogP contribution < -0.4 is 5.73 Å². The molecule has 5 N–H and O–H groups in total. The zero-order valence-corrected chi connectivity index (χ0v) is 9.55. The molecular formula is C11H22N2O3. The van der Waals surface area contributed by atoms with Crippen LogP contribution in [0.3, 0.4) is 0 Å². The summed E-state index contributed by atoms with van der Waals surface area (Å²) in [6.07, 6.45) is 2.10. The van der Waals surface area contributed by atoms with Crippen LogP contribution >= 0.6 is 0 Å². The lowest BCUT2D eigenvalue weighted by Gasteiger charge is -2.54. The van der Waals surface area contributed by atoms with Gasteiger partial charge in [0.15, 0.2) is 0 Å². The molecule has 2 aliphatic heterocycles. The fourth-order valence-electron chi connectivity index (χ4n) is 3.15. The summed E-state index contributed by atoms with van der Waals surface area (Å²) in [4.78, 5) is 2.18. The molecule has 0 aromatic heterocycles. The zero-order valence-electron chi connectivity index (χ0n) is 9.55. The Morgan fingerprint density at radius 1 is 1.44 bits per heavy atom. The van der Waals surface area contributed by atoms with E-state index in [1.807, 2.05) is 0 Å². The van der Waals surface area contributed by atoms with Crippen LogP contribution in [0.1, 0.15) is 19.3 Å². The number of fused-ring (bicyclic) bond motifs is 3. The van der Waals surface area contributed by atoms with Crippen molar-refractivity contribution < 1.29 is 15.3 Å². The van der Waals surface area contributed by atoms with Crippen LogP contribution in [0.25, 0.3) is 0 Å². The predicted octanol–water partition coefficient (Wildman–Crippen LogP) is -1.49. The smallest absolute Gasteiger partial charge is 0.0897 e. The molecule has 0 aromatic carbocycles. The van der Waals surface area contributed by atoms with E-state index in [1.54, 1.807) is 0 Å². The molecule has 16 heavy (non-hydrogen) atoms. The van der Waals surface area contributed by atoms with E-state index in [0.29, 0.717) is 25.6 Å². The van der Waals surface area contributed by atoms with Crippen LogP contribution in [0.4, 0.5) is 0 Å². The number of aliphatic hydroxyl groups excluding tert-OH is 2. The molecule has 3 fully saturated rings. The highest BCUT2D eigenvalue weighted by Crippen LogP contribution is 2.41. The summed E-state index contributed by atoms with van der Waals surface area (Å²) in [7, 11) is 0. The molecule has 94 valence electrons. The monoisotopic (exact) mass is 230 g/mol. The topological polar surface area (TPSA) is 90.0 Å². The first-order chi connectivity index (χ1) is 7.59. The molecule has 5 heteroatoms. The van der Waals surface area contributed by atoms with Gasteiger partial charge in [0.2, 0.25) is 0 Å². The summed E-state index contributed by atoms with van der Waals surface area (Å²) in [5, 5.41) is 28.6. The second kappa shape index (κ2) is 4.58. The van der Waals surface area contributed by atoms with E-state index in [1.165, 1.54) is 0 Å². The summed E-state index contributed by atoms with van der Waals surface area (Å²) in [6.45, 7) is 1.41. The van der Waals surface area contributed by atoms with Gasteiger partial charge in [-0.3, -0.25) is 4.90 Å². The standard InChI is InChI=1S/C11H22N2O3/c12-7-11(16)3-9-2-1-8(11)4-13(9)5-10(15)6-14/h8-10,14-16H,1-7,12H2. The highest BCUT2D eigenvalue weighted by atomic mass is 16.3. The van der Waals surface area contributed by atoms with Crippen molar-refractivity contribution in [2.24, 2.45) is 11.7 Å². The number of rotatable bonds is 4. The van der Waals surface area contributed by atoms with Crippen molar-refractivity contribution in [3.05, 3.63) is 0 Å². The summed E-state index contributed by atoms with van der Waals surface area (Å²) in [6, 6.07) is 0.305. The van der Waals surface area contributed by atoms with Crippen LogP contribution in [0.5, 0.6) is 0 Å². The first-order valence-electron chi connectivity index (χ1n) is 6.04. The van der Waals surface area contributed by atoms with E-state index in [2.05, 4.69) is 4.90 Å². The van der Waals surface area contributed by atoms with Crippen LogP contribution in [0, 0.1) is 5.92 Å². The average molecular weight is 230 g/mol. The number of nitrogens with two attached hydrogens (primary N) is 1. The summed E-state index contributed by atoms with van der Waals surface area (Å²) >= 11 is 0. The lowest BCUT2D eigenvalue weighted by atomic mass is 9.68. The summed E-state index contributed by atoms with van der Waals surface area (Å²) < 4.78 is 0. The highest BCUT2D eigenvalue weighted by Gasteiger charge is 2.48. The first-order valence-corrected chi connectivity index (χ1v) is 6.04. The molecule has 3 rings (SSSR count). The van der Waals surface area contributed by atoms with Gasteiger partial charge in [0.05, 0.1) is 18.3 Å². The Labute approximate surface area is 95.9 Å². The fourth-order valence-corrected chi connectivity index (χ4v) is 3.15. The maximum absolute atomic E-state index is 10.3. The van der Waals surface area contributed by atoms with Crippen LogP contribution in [0.15, 0.2) is 0 Å². The second-order valence-corrected chi connectivity index (χ2v) is 5.23. The molecular weight excluding hydrogens is 208 g/mol. The molecule has 2 saturated heterocycles. The molecule has 1 saturated carbocycles. The van der Waals surface area contributed by atoms with Gasteiger partial charge in [-0.2, -0.15) is 0 Å². The highest BCUT2D eigenvalue weighted by molar-refractivity contribution is 5.03. The van der Waals surface area contributed by atoms with Crippen molar-refractivity contribution in [1.29, 1.82) is 0 Å². The molecule has 0 amide bonds. The molecule has 4 unspecified atom stereocenters. The number of hydrogen-bond acceptors (Lipinski definition) is 5. The minimum atomic E-state index is -0.705. The van der Waals surface area contributed by atoms with Gasteiger partial charge in [-0.1, -0.05) is 0 Å². The van der Waals surface area contributed by atoms with Crippen molar-refractivity contribution in [1.82, 2.24) is 4.90 Å². The van der Waals surface area contributed by atoms with Crippen LogP contribution in [-0.4, -0.2) is 64.2 Å². The van der Waals surface area contributed by atoms with Gasteiger partial charge in [-0.25, -0.2) is 0 Å². The van der Waals surface area contributed by atoms with E-state index >= 15 is 0 Å². The number of nitrogens with zero attached hydrogens (tertiary/aromatic N) is 1. The third-order valence-electron chi connectivity index (χ3n) is 4.18. The summed E-state index contributed by atoms with van der Waals surface area (Å²) in [5.74, 6) is 0.216. The molecule has 0 aromatic rings. The third-order valence-corrected chi connectivity index (χ3v) is 4.18.